The maximum absolute atomic E-state index is 11.7. The molecule has 116 valence electrons. The summed E-state index contributed by atoms with van der Waals surface area (Å²) in [6.07, 6.45) is 2.17. The van der Waals surface area contributed by atoms with E-state index in [9.17, 15) is 4.79 Å². The van der Waals surface area contributed by atoms with E-state index in [1.807, 2.05) is 18.2 Å². The Hall–Kier alpha value is -2.21. The van der Waals surface area contributed by atoms with Gasteiger partial charge < -0.3 is 14.0 Å². The topological polar surface area (TPSA) is 74.5 Å². The maximum atomic E-state index is 11.7. The minimum atomic E-state index is -0.329. The van der Waals surface area contributed by atoms with E-state index in [0.29, 0.717) is 36.7 Å². The van der Waals surface area contributed by atoms with Crippen LogP contribution in [0.25, 0.3) is 0 Å². The smallest absolute Gasteiger partial charge is 0.338 e. The Balaban J connectivity index is 1.66. The second kappa shape index (κ2) is 6.70. The summed E-state index contributed by atoms with van der Waals surface area (Å²) >= 11 is 0. The first-order valence-corrected chi connectivity index (χ1v) is 7.34. The fourth-order valence-electron chi connectivity index (χ4n) is 2.56. The Labute approximate surface area is 128 Å². The number of rotatable bonds is 5. The summed E-state index contributed by atoms with van der Waals surface area (Å²) < 4.78 is 15.4. The molecule has 6 heteroatoms. The third kappa shape index (κ3) is 3.17. The molecule has 0 radical (unpaired) electrons. The van der Waals surface area contributed by atoms with Gasteiger partial charge in [0.05, 0.1) is 19.3 Å². The van der Waals surface area contributed by atoms with E-state index in [2.05, 4.69) is 10.1 Å². The number of aryl methyl sites for hydroxylation is 2. The molecule has 1 aromatic carbocycles. The van der Waals surface area contributed by atoms with Gasteiger partial charge in [0.25, 0.3) is 0 Å². The minimum Gasteiger partial charge on any atom is -0.465 e. The second-order valence-electron chi connectivity index (χ2n) is 5.26. The van der Waals surface area contributed by atoms with E-state index >= 15 is 0 Å². The number of esters is 1. The largest absolute Gasteiger partial charge is 0.465 e. The number of aromatic nitrogens is 2. The van der Waals surface area contributed by atoms with Crippen molar-refractivity contribution in [1.29, 1.82) is 0 Å². The van der Waals surface area contributed by atoms with Crippen molar-refractivity contribution in [3.63, 3.8) is 0 Å². The fraction of sp³-hybridized carbons (Fsp3) is 0.438. The van der Waals surface area contributed by atoms with Crippen molar-refractivity contribution in [3.05, 3.63) is 47.1 Å². The first-order valence-electron chi connectivity index (χ1n) is 7.34. The molecule has 1 aliphatic heterocycles. The van der Waals surface area contributed by atoms with Gasteiger partial charge in [-0.3, -0.25) is 0 Å². The zero-order valence-corrected chi connectivity index (χ0v) is 12.4. The van der Waals surface area contributed by atoms with Crippen LogP contribution in [0.2, 0.25) is 0 Å². The van der Waals surface area contributed by atoms with Crippen LogP contribution in [0.15, 0.2) is 28.8 Å². The Morgan fingerprint density at radius 2 is 2.23 bits per heavy atom. The van der Waals surface area contributed by atoms with Gasteiger partial charge in [-0.15, -0.1) is 0 Å². The molecule has 1 fully saturated rings. The maximum Gasteiger partial charge on any atom is 0.338 e. The normalized spacial score (nSPS) is 17.6. The van der Waals surface area contributed by atoms with Crippen molar-refractivity contribution in [2.24, 2.45) is 0 Å². The van der Waals surface area contributed by atoms with Crippen molar-refractivity contribution in [1.82, 2.24) is 10.1 Å². The van der Waals surface area contributed by atoms with Crippen molar-refractivity contribution in [2.75, 3.05) is 20.3 Å². The molecule has 2 heterocycles. The number of nitrogens with zero attached hydrogens (tertiary/aromatic N) is 2. The highest BCUT2D eigenvalue weighted by Gasteiger charge is 2.23. The number of hydrogen-bond donors (Lipinski definition) is 0. The standard InChI is InChI=1S/C16H18N2O4/c1-20-16(19)13-5-3-2-4-11(13)6-7-14-17-15(18-22-14)12-8-9-21-10-12/h2-5,12H,6-10H2,1H3. The quantitative estimate of drug-likeness (QED) is 0.788. The molecule has 6 nitrogen and oxygen atoms in total. The lowest BCUT2D eigenvalue weighted by Crippen LogP contribution is -2.06. The van der Waals surface area contributed by atoms with Crippen molar-refractivity contribution in [3.8, 4) is 0 Å². The van der Waals surface area contributed by atoms with Gasteiger partial charge in [0.1, 0.15) is 0 Å². The third-order valence-electron chi connectivity index (χ3n) is 3.81. The van der Waals surface area contributed by atoms with E-state index in [4.69, 9.17) is 14.0 Å². The molecule has 1 saturated heterocycles. The molecule has 1 unspecified atom stereocenters. The summed E-state index contributed by atoms with van der Waals surface area (Å²) in [5.41, 5.74) is 1.49. The van der Waals surface area contributed by atoms with Gasteiger partial charge in [0.15, 0.2) is 5.82 Å². The summed E-state index contributed by atoms with van der Waals surface area (Å²) in [6, 6.07) is 7.39. The molecular weight excluding hydrogens is 284 g/mol. The first kappa shape index (κ1) is 14.7. The molecule has 22 heavy (non-hydrogen) atoms. The summed E-state index contributed by atoms with van der Waals surface area (Å²) in [6.45, 7) is 1.41. The highest BCUT2D eigenvalue weighted by molar-refractivity contribution is 5.90. The van der Waals surface area contributed by atoms with Crippen LogP contribution < -0.4 is 0 Å². The van der Waals surface area contributed by atoms with E-state index in [0.717, 1.165) is 18.6 Å². The lowest BCUT2D eigenvalue weighted by molar-refractivity contribution is 0.0599. The second-order valence-corrected chi connectivity index (χ2v) is 5.26. The number of methoxy groups -OCH3 is 1. The average Bonchev–Trinajstić information content (AvgIpc) is 3.23. The Bertz CT molecular complexity index is 647. The highest BCUT2D eigenvalue weighted by atomic mass is 16.5. The molecule has 0 aliphatic carbocycles. The zero-order valence-electron chi connectivity index (χ0n) is 12.4. The van der Waals surface area contributed by atoms with Gasteiger partial charge in [-0.2, -0.15) is 4.98 Å². The van der Waals surface area contributed by atoms with Gasteiger partial charge >= 0.3 is 5.97 Å². The SMILES string of the molecule is COC(=O)c1ccccc1CCc1nc(C2CCOC2)no1. The van der Waals surface area contributed by atoms with Crippen molar-refractivity contribution < 1.29 is 18.8 Å². The van der Waals surface area contributed by atoms with Crippen LogP contribution in [0.1, 0.15) is 40.0 Å². The molecule has 1 atom stereocenters. The number of ether oxygens (including phenoxy) is 2. The summed E-state index contributed by atoms with van der Waals surface area (Å²) in [7, 11) is 1.38. The highest BCUT2D eigenvalue weighted by Crippen LogP contribution is 2.22. The van der Waals surface area contributed by atoms with E-state index in [-0.39, 0.29) is 11.9 Å². The van der Waals surface area contributed by atoms with Gasteiger partial charge in [-0.25, -0.2) is 4.79 Å². The number of hydrogen-bond acceptors (Lipinski definition) is 6. The Morgan fingerprint density at radius 1 is 1.36 bits per heavy atom. The molecule has 1 aliphatic rings. The Kier molecular flexibility index (Phi) is 4.48. The monoisotopic (exact) mass is 302 g/mol. The lowest BCUT2D eigenvalue weighted by atomic mass is 10.0. The molecule has 0 bridgehead atoms. The molecule has 1 aromatic heterocycles. The molecule has 0 saturated carbocycles. The van der Waals surface area contributed by atoms with Crippen LogP contribution in [0.4, 0.5) is 0 Å². The lowest BCUT2D eigenvalue weighted by Gasteiger charge is -2.06. The number of carbonyl (C=O) groups is 1. The van der Waals surface area contributed by atoms with E-state index < -0.39 is 0 Å². The Morgan fingerprint density at radius 3 is 3.00 bits per heavy atom. The predicted molar refractivity (Wildman–Crippen MR) is 77.7 cm³/mol. The van der Waals surface area contributed by atoms with Crippen LogP contribution in [-0.2, 0) is 22.3 Å². The van der Waals surface area contributed by atoms with Crippen molar-refractivity contribution >= 4 is 5.97 Å². The minimum absolute atomic E-state index is 0.236. The molecule has 0 amide bonds. The van der Waals surface area contributed by atoms with Crippen LogP contribution in [0.3, 0.4) is 0 Å². The molecular formula is C16H18N2O4. The first-order chi connectivity index (χ1) is 10.8. The summed E-state index contributed by atoms with van der Waals surface area (Å²) in [5.74, 6) is 1.21. The molecule has 2 aromatic rings. The average molecular weight is 302 g/mol. The van der Waals surface area contributed by atoms with Crippen LogP contribution in [0.5, 0.6) is 0 Å². The van der Waals surface area contributed by atoms with Crippen molar-refractivity contribution in [2.45, 2.75) is 25.2 Å². The fourth-order valence-corrected chi connectivity index (χ4v) is 2.56. The van der Waals surface area contributed by atoms with E-state index in [1.54, 1.807) is 6.07 Å². The van der Waals surface area contributed by atoms with Gasteiger partial charge in [-0.05, 0) is 24.5 Å². The third-order valence-corrected chi connectivity index (χ3v) is 3.81. The molecule has 0 N–H and O–H groups in total. The van der Waals surface area contributed by atoms with Crippen LogP contribution in [0, 0.1) is 0 Å². The van der Waals surface area contributed by atoms with Crippen LogP contribution in [-0.4, -0.2) is 36.4 Å². The predicted octanol–water partition coefficient (Wildman–Crippen LogP) is 2.15. The van der Waals surface area contributed by atoms with Gasteiger partial charge in [0, 0.05) is 18.9 Å². The molecule has 0 spiro atoms. The number of carbonyl (C=O) groups excluding carboxylic acids is 1. The summed E-state index contributed by atoms with van der Waals surface area (Å²) in [5, 5.41) is 4.03. The van der Waals surface area contributed by atoms with Crippen LogP contribution >= 0.6 is 0 Å². The number of benzene rings is 1. The van der Waals surface area contributed by atoms with E-state index in [1.165, 1.54) is 7.11 Å². The summed E-state index contributed by atoms with van der Waals surface area (Å²) in [4.78, 5) is 16.2. The van der Waals surface area contributed by atoms with Gasteiger partial charge in [0.2, 0.25) is 5.89 Å². The molecule has 3 rings (SSSR count). The zero-order chi connectivity index (χ0) is 15.4. The van der Waals surface area contributed by atoms with Gasteiger partial charge in [-0.1, -0.05) is 23.4 Å².